The van der Waals surface area contributed by atoms with Gasteiger partial charge in [-0.1, -0.05) is 12.1 Å². The summed E-state index contributed by atoms with van der Waals surface area (Å²) in [6.45, 7) is 3.99. The van der Waals surface area contributed by atoms with Crippen LogP contribution in [0.1, 0.15) is 19.9 Å². The van der Waals surface area contributed by atoms with Crippen molar-refractivity contribution in [1.29, 1.82) is 0 Å². The maximum absolute atomic E-state index is 12.1. The molecular formula is C13H13N5OS. The molecule has 0 aliphatic heterocycles. The first-order chi connectivity index (χ1) is 9.58. The number of fused-ring (bicyclic) bond motifs is 1. The first-order valence-electron chi connectivity index (χ1n) is 6.24. The van der Waals surface area contributed by atoms with Crippen LogP contribution in [-0.4, -0.2) is 24.7 Å². The Morgan fingerprint density at radius 1 is 1.30 bits per heavy atom. The van der Waals surface area contributed by atoms with Gasteiger partial charge < -0.3 is 4.98 Å². The van der Waals surface area contributed by atoms with Crippen LogP contribution in [0.5, 0.6) is 0 Å². The second-order valence-corrected chi connectivity index (χ2v) is 5.13. The summed E-state index contributed by atoms with van der Waals surface area (Å²) in [4.78, 5) is 19.3. The molecule has 0 saturated carbocycles. The number of aromatic amines is 2. The number of para-hydroxylation sites is 1. The van der Waals surface area contributed by atoms with Crippen LogP contribution in [0.25, 0.3) is 22.6 Å². The Hall–Kier alpha value is -2.28. The van der Waals surface area contributed by atoms with Crippen molar-refractivity contribution >= 4 is 23.1 Å². The average Bonchev–Trinajstić information content (AvgIpc) is 2.81. The van der Waals surface area contributed by atoms with Crippen LogP contribution in [0.2, 0.25) is 0 Å². The standard InChI is InChI=1S/C13H13N5OS/c1-7(2)18-11(16-17-13(18)20)10-14-9-6-4-3-5-8(9)12(19)15-10/h3-7H,1-2H3,(H,17,20)(H,14,15,19). The second kappa shape index (κ2) is 4.68. The van der Waals surface area contributed by atoms with Gasteiger partial charge in [-0.05, 0) is 38.2 Å². The normalized spacial score (nSPS) is 11.3. The van der Waals surface area contributed by atoms with Gasteiger partial charge in [0.25, 0.3) is 5.56 Å². The van der Waals surface area contributed by atoms with Gasteiger partial charge in [-0.15, -0.1) is 0 Å². The molecule has 2 N–H and O–H groups in total. The Labute approximate surface area is 119 Å². The first kappa shape index (κ1) is 12.7. The lowest BCUT2D eigenvalue weighted by Crippen LogP contribution is -2.12. The van der Waals surface area contributed by atoms with Crippen LogP contribution < -0.4 is 5.56 Å². The average molecular weight is 287 g/mol. The third kappa shape index (κ3) is 1.96. The van der Waals surface area contributed by atoms with Crippen LogP contribution >= 0.6 is 12.2 Å². The Morgan fingerprint density at radius 3 is 2.80 bits per heavy atom. The fraction of sp³-hybridized carbons (Fsp3) is 0.231. The lowest BCUT2D eigenvalue weighted by atomic mass is 10.2. The van der Waals surface area contributed by atoms with Crippen molar-refractivity contribution in [3.63, 3.8) is 0 Å². The number of hydrogen-bond donors (Lipinski definition) is 2. The monoisotopic (exact) mass is 287 g/mol. The van der Waals surface area contributed by atoms with Crippen molar-refractivity contribution in [3.8, 4) is 11.6 Å². The molecule has 0 fully saturated rings. The molecule has 0 amide bonds. The predicted molar refractivity (Wildman–Crippen MR) is 79.2 cm³/mol. The highest BCUT2D eigenvalue weighted by molar-refractivity contribution is 7.71. The highest BCUT2D eigenvalue weighted by Crippen LogP contribution is 2.18. The molecule has 0 unspecified atom stereocenters. The fourth-order valence-corrected chi connectivity index (χ4v) is 2.49. The van der Waals surface area contributed by atoms with Crippen molar-refractivity contribution in [2.45, 2.75) is 19.9 Å². The molecule has 0 aliphatic carbocycles. The van der Waals surface area contributed by atoms with Gasteiger partial charge in [-0.3, -0.25) is 14.5 Å². The molecular weight excluding hydrogens is 274 g/mol. The molecule has 20 heavy (non-hydrogen) atoms. The minimum Gasteiger partial charge on any atom is -0.303 e. The minimum atomic E-state index is -0.185. The molecule has 2 heterocycles. The maximum atomic E-state index is 12.1. The zero-order valence-corrected chi connectivity index (χ0v) is 11.9. The number of H-pyrrole nitrogens is 2. The Kier molecular flexibility index (Phi) is 2.98. The zero-order valence-electron chi connectivity index (χ0n) is 11.0. The van der Waals surface area contributed by atoms with E-state index in [0.29, 0.717) is 27.3 Å². The number of nitrogens with zero attached hydrogens (tertiary/aromatic N) is 3. The third-order valence-electron chi connectivity index (χ3n) is 3.05. The van der Waals surface area contributed by atoms with Crippen LogP contribution in [0.4, 0.5) is 0 Å². The van der Waals surface area contributed by atoms with Gasteiger partial charge in [0.15, 0.2) is 16.4 Å². The van der Waals surface area contributed by atoms with Crippen LogP contribution in [0.3, 0.4) is 0 Å². The molecule has 102 valence electrons. The molecule has 6 nitrogen and oxygen atoms in total. The van der Waals surface area contributed by atoms with E-state index >= 15 is 0 Å². The van der Waals surface area contributed by atoms with E-state index in [-0.39, 0.29) is 11.6 Å². The SMILES string of the molecule is CC(C)n1c(-c2nc3ccccc3c(=O)[nH]2)n[nH]c1=S. The van der Waals surface area contributed by atoms with Gasteiger partial charge in [-0.2, -0.15) is 5.10 Å². The summed E-state index contributed by atoms with van der Waals surface area (Å²) in [7, 11) is 0. The molecule has 3 aromatic rings. The van der Waals surface area contributed by atoms with Gasteiger partial charge in [0, 0.05) is 6.04 Å². The number of rotatable bonds is 2. The van der Waals surface area contributed by atoms with Gasteiger partial charge in [0.2, 0.25) is 0 Å². The molecule has 7 heteroatoms. The van der Waals surface area contributed by atoms with Crippen molar-refractivity contribution < 1.29 is 0 Å². The number of hydrogen-bond acceptors (Lipinski definition) is 4. The van der Waals surface area contributed by atoms with E-state index in [4.69, 9.17) is 12.2 Å². The van der Waals surface area contributed by atoms with Crippen LogP contribution in [0, 0.1) is 4.77 Å². The summed E-state index contributed by atoms with van der Waals surface area (Å²) in [6, 6.07) is 7.31. The minimum absolute atomic E-state index is 0.119. The smallest absolute Gasteiger partial charge is 0.259 e. The van der Waals surface area contributed by atoms with Crippen LogP contribution in [0.15, 0.2) is 29.1 Å². The highest BCUT2D eigenvalue weighted by atomic mass is 32.1. The van der Waals surface area contributed by atoms with Gasteiger partial charge in [0.05, 0.1) is 10.9 Å². The fourth-order valence-electron chi connectivity index (χ4n) is 2.14. The Balaban J connectivity index is 2.31. The highest BCUT2D eigenvalue weighted by Gasteiger charge is 2.14. The van der Waals surface area contributed by atoms with Gasteiger partial charge in [0.1, 0.15) is 0 Å². The summed E-state index contributed by atoms with van der Waals surface area (Å²) < 4.78 is 2.33. The van der Waals surface area contributed by atoms with Crippen molar-refractivity contribution in [3.05, 3.63) is 39.4 Å². The summed E-state index contributed by atoms with van der Waals surface area (Å²) in [5.74, 6) is 0.947. The van der Waals surface area contributed by atoms with Gasteiger partial charge in [-0.25, -0.2) is 4.98 Å². The van der Waals surface area contributed by atoms with Crippen molar-refractivity contribution in [1.82, 2.24) is 24.7 Å². The molecule has 0 bridgehead atoms. The molecule has 1 aromatic carbocycles. The van der Waals surface area contributed by atoms with E-state index in [0.717, 1.165) is 0 Å². The number of aromatic nitrogens is 5. The van der Waals surface area contributed by atoms with Crippen molar-refractivity contribution in [2.24, 2.45) is 0 Å². The molecule has 2 aromatic heterocycles. The van der Waals surface area contributed by atoms with Crippen LogP contribution in [-0.2, 0) is 0 Å². The molecule has 0 aliphatic rings. The molecule has 3 rings (SSSR count). The first-order valence-corrected chi connectivity index (χ1v) is 6.65. The maximum Gasteiger partial charge on any atom is 0.259 e. The van der Waals surface area contributed by atoms with E-state index in [2.05, 4.69) is 20.2 Å². The van der Waals surface area contributed by atoms with Gasteiger partial charge >= 0.3 is 0 Å². The van der Waals surface area contributed by atoms with E-state index in [9.17, 15) is 4.79 Å². The molecule has 0 saturated heterocycles. The summed E-state index contributed by atoms with van der Waals surface area (Å²) in [5.41, 5.74) is 0.449. The Morgan fingerprint density at radius 2 is 2.05 bits per heavy atom. The summed E-state index contributed by atoms with van der Waals surface area (Å²) >= 11 is 5.20. The van der Waals surface area contributed by atoms with E-state index in [1.54, 1.807) is 12.1 Å². The zero-order chi connectivity index (χ0) is 14.3. The lowest BCUT2D eigenvalue weighted by molar-refractivity contribution is 0.595. The summed E-state index contributed by atoms with van der Waals surface area (Å²) in [6.07, 6.45) is 0. The topological polar surface area (TPSA) is 79.4 Å². The number of nitrogens with one attached hydrogen (secondary N) is 2. The predicted octanol–water partition coefficient (Wildman–Crippen LogP) is 2.43. The van der Waals surface area contributed by atoms with E-state index in [1.165, 1.54) is 0 Å². The largest absolute Gasteiger partial charge is 0.303 e. The molecule has 0 radical (unpaired) electrons. The lowest BCUT2D eigenvalue weighted by Gasteiger charge is -2.09. The summed E-state index contributed by atoms with van der Waals surface area (Å²) in [5, 5.41) is 7.46. The number of benzene rings is 1. The molecule has 0 spiro atoms. The van der Waals surface area contributed by atoms with E-state index in [1.807, 2.05) is 30.5 Å². The Bertz CT molecular complexity index is 889. The molecule has 0 atom stereocenters. The van der Waals surface area contributed by atoms with Crippen molar-refractivity contribution in [2.75, 3.05) is 0 Å². The van der Waals surface area contributed by atoms with E-state index < -0.39 is 0 Å². The third-order valence-corrected chi connectivity index (χ3v) is 3.33. The second-order valence-electron chi connectivity index (χ2n) is 4.75. The quantitative estimate of drug-likeness (QED) is 0.709.